The molecule has 0 saturated carbocycles. The summed E-state index contributed by atoms with van der Waals surface area (Å²) >= 11 is 3.48. The van der Waals surface area contributed by atoms with Crippen LogP contribution in [0.3, 0.4) is 0 Å². The Morgan fingerprint density at radius 1 is 1.54 bits per heavy atom. The van der Waals surface area contributed by atoms with E-state index in [2.05, 4.69) is 32.8 Å². The zero-order chi connectivity index (χ0) is 9.42. The number of imidazole rings is 1. The van der Waals surface area contributed by atoms with E-state index in [1.807, 2.05) is 17.5 Å². The van der Waals surface area contributed by atoms with Crippen molar-refractivity contribution in [2.45, 2.75) is 20.3 Å². The molecule has 0 amide bonds. The number of aromatic nitrogens is 3. The maximum atomic E-state index is 4.47. The third kappa shape index (κ3) is 1.35. The van der Waals surface area contributed by atoms with Crippen molar-refractivity contribution in [3.63, 3.8) is 0 Å². The van der Waals surface area contributed by atoms with Gasteiger partial charge in [-0.25, -0.2) is 9.97 Å². The number of halogens is 1. The minimum absolute atomic E-state index is 0.948. The fourth-order valence-corrected chi connectivity index (χ4v) is 1.63. The van der Waals surface area contributed by atoms with Gasteiger partial charge in [-0.1, -0.05) is 6.92 Å². The van der Waals surface area contributed by atoms with E-state index >= 15 is 0 Å². The maximum absolute atomic E-state index is 4.47. The lowest BCUT2D eigenvalue weighted by Gasteiger charge is -1.97. The first-order chi connectivity index (χ1) is 6.22. The van der Waals surface area contributed by atoms with Gasteiger partial charge < -0.3 is 0 Å². The summed E-state index contributed by atoms with van der Waals surface area (Å²) in [6, 6.07) is 0. The fraction of sp³-hybridized carbons (Fsp3) is 0.333. The highest BCUT2D eigenvalue weighted by Crippen LogP contribution is 2.19. The Morgan fingerprint density at radius 3 is 3.00 bits per heavy atom. The highest BCUT2D eigenvalue weighted by Gasteiger charge is 2.06. The first-order valence-electron chi connectivity index (χ1n) is 4.21. The van der Waals surface area contributed by atoms with E-state index < -0.39 is 0 Å². The molecule has 13 heavy (non-hydrogen) atoms. The van der Waals surface area contributed by atoms with Crippen LogP contribution in [0.25, 0.3) is 5.65 Å². The third-order valence-corrected chi connectivity index (χ3v) is 2.96. The van der Waals surface area contributed by atoms with Gasteiger partial charge in [0.2, 0.25) is 0 Å². The molecule has 4 heteroatoms. The number of fused-ring (bicyclic) bond motifs is 1. The molecular weight excluding hydrogens is 230 g/mol. The Morgan fingerprint density at radius 2 is 2.31 bits per heavy atom. The Hall–Kier alpha value is -0.900. The highest BCUT2D eigenvalue weighted by atomic mass is 79.9. The minimum atomic E-state index is 0.948. The van der Waals surface area contributed by atoms with Gasteiger partial charge in [0.25, 0.3) is 0 Å². The standard InChI is InChI=1S/C9H10BrN3/c1-3-7-4-13-5-11-6(2)8(10)9(13)12-7/h4-5H,3H2,1-2H3. The van der Waals surface area contributed by atoms with Gasteiger partial charge >= 0.3 is 0 Å². The molecule has 68 valence electrons. The lowest BCUT2D eigenvalue weighted by Crippen LogP contribution is -1.90. The molecule has 0 aliphatic carbocycles. The highest BCUT2D eigenvalue weighted by molar-refractivity contribution is 9.10. The molecule has 2 aromatic rings. The molecule has 0 aliphatic heterocycles. The summed E-state index contributed by atoms with van der Waals surface area (Å²) in [6.45, 7) is 4.06. The van der Waals surface area contributed by atoms with Crippen LogP contribution >= 0.6 is 15.9 Å². The van der Waals surface area contributed by atoms with Crippen LogP contribution in [0.2, 0.25) is 0 Å². The van der Waals surface area contributed by atoms with Crippen molar-refractivity contribution in [3.05, 3.63) is 28.4 Å². The second-order valence-electron chi connectivity index (χ2n) is 2.96. The fourth-order valence-electron chi connectivity index (χ4n) is 1.23. The van der Waals surface area contributed by atoms with Crippen LogP contribution in [0.1, 0.15) is 18.3 Å². The molecule has 0 bridgehead atoms. The van der Waals surface area contributed by atoms with Crippen LogP contribution in [0, 0.1) is 6.92 Å². The topological polar surface area (TPSA) is 30.2 Å². The smallest absolute Gasteiger partial charge is 0.154 e. The van der Waals surface area contributed by atoms with Crippen LogP contribution in [-0.2, 0) is 6.42 Å². The zero-order valence-electron chi connectivity index (χ0n) is 7.58. The average Bonchev–Trinajstić information content (AvgIpc) is 2.55. The third-order valence-electron chi connectivity index (χ3n) is 2.03. The van der Waals surface area contributed by atoms with Crippen molar-refractivity contribution in [2.75, 3.05) is 0 Å². The van der Waals surface area contributed by atoms with Crippen LogP contribution < -0.4 is 0 Å². The van der Waals surface area contributed by atoms with E-state index in [1.54, 1.807) is 6.33 Å². The molecule has 0 saturated heterocycles. The van der Waals surface area contributed by atoms with Gasteiger partial charge in [0.05, 0.1) is 15.9 Å². The van der Waals surface area contributed by atoms with Crippen LogP contribution in [0.4, 0.5) is 0 Å². The molecule has 0 aromatic carbocycles. The van der Waals surface area contributed by atoms with E-state index in [9.17, 15) is 0 Å². The average molecular weight is 240 g/mol. The molecule has 0 radical (unpaired) electrons. The molecule has 3 nitrogen and oxygen atoms in total. The van der Waals surface area contributed by atoms with Crippen molar-refractivity contribution in [1.29, 1.82) is 0 Å². The van der Waals surface area contributed by atoms with Gasteiger partial charge in [-0.2, -0.15) is 0 Å². The first kappa shape index (κ1) is 8.69. The van der Waals surface area contributed by atoms with Crippen molar-refractivity contribution in [3.8, 4) is 0 Å². The molecule has 2 aromatic heterocycles. The quantitative estimate of drug-likeness (QED) is 0.765. The SMILES string of the molecule is CCc1cn2cnc(C)c(Br)c2n1. The summed E-state index contributed by atoms with van der Waals surface area (Å²) in [4.78, 5) is 8.70. The largest absolute Gasteiger partial charge is 0.289 e. The number of hydrogen-bond acceptors (Lipinski definition) is 2. The molecule has 2 heterocycles. The molecule has 0 atom stereocenters. The molecule has 0 fully saturated rings. The molecular formula is C9H10BrN3. The molecule has 0 aliphatic rings. The predicted molar refractivity (Wildman–Crippen MR) is 54.8 cm³/mol. The van der Waals surface area contributed by atoms with E-state index in [-0.39, 0.29) is 0 Å². The second kappa shape index (κ2) is 3.10. The molecule has 0 N–H and O–H groups in total. The van der Waals surface area contributed by atoms with Gasteiger partial charge in [-0.15, -0.1) is 0 Å². The van der Waals surface area contributed by atoms with Crippen LogP contribution in [0.15, 0.2) is 17.0 Å². The van der Waals surface area contributed by atoms with E-state index in [1.165, 1.54) is 0 Å². The Kier molecular flexibility index (Phi) is 2.07. The zero-order valence-corrected chi connectivity index (χ0v) is 9.17. The van der Waals surface area contributed by atoms with E-state index in [0.717, 1.165) is 27.9 Å². The summed E-state index contributed by atoms with van der Waals surface area (Å²) in [5.41, 5.74) is 3.01. The number of aryl methyl sites for hydroxylation is 2. The van der Waals surface area contributed by atoms with Gasteiger partial charge in [0, 0.05) is 6.20 Å². The first-order valence-corrected chi connectivity index (χ1v) is 5.00. The monoisotopic (exact) mass is 239 g/mol. The van der Waals surface area contributed by atoms with Crippen LogP contribution in [-0.4, -0.2) is 14.4 Å². The lowest BCUT2D eigenvalue weighted by molar-refractivity contribution is 1.03. The number of nitrogens with zero attached hydrogens (tertiary/aromatic N) is 3. The van der Waals surface area contributed by atoms with E-state index in [0.29, 0.717) is 0 Å². The van der Waals surface area contributed by atoms with Gasteiger partial charge in [0.1, 0.15) is 6.33 Å². The van der Waals surface area contributed by atoms with Crippen molar-refractivity contribution < 1.29 is 0 Å². The van der Waals surface area contributed by atoms with Crippen molar-refractivity contribution in [1.82, 2.24) is 14.4 Å². The van der Waals surface area contributed by atoms with Crippen LogP contribution in [0.5, 0.6) is 0 Å². The maximum Gasteiger partial charge on any atom is 0.154 e. The Balaban J connectivity index is 2.76. The Bertz CT molecular complexity index is 447. The number of rotatable bonds is 1. The summed E-state index contributed by atoms with van der Waals surface area (Å²) in [5.74, 6) is 0. The molecule has 2 rings (SSSR count). The van der Waals surface area contributed by atoms with Gasteiger partial charge in [0.15, 0.2) is 5.65 Å². The van der Waals surface area contributed by atoms with Gasteiger partial charge in [-0.3, -0.25) is 4.40 Å². The molecule has 0 spiro atoms. The van der Waals surface area contributed by atoms with Gasteiger partial charge in [-0.05, 0) is 29.3 Å². The normalized spacial score (nSPS) is 11.0. The summed E-state index contributed by atoms with van der Waals surface area (Å²) in [5, 5.41) is 0. The summed E-state index contributed by atoms with van der Waals surface area (Å²) < 4.78 is 2.92. The van der Waals surface area contributed by atoms with Crippen molar-refractivity contribution >= 4 is 21.6 Å². The number of hydrogen-bond donors (Lipinski definition) is 0. The van der Waals surface area contributed by atoms with Crippen molar-refractivity contribution in [2.24, 2.45) is 0 Å². The summed E-state index contributed by atoms with van der Waals surface area (Å²) in [7, 11) is 0. The minimum Gasteiger partial charge on any atom is -0.289 e. The van der Waals surface area contributed by atoms with E-state index in [4.69, 9.17) is 0 Å². The predicted octanol–water partition coefficient (Wildman–Crippen LogP) is 2.36. The second-order valence-corrected chi connectivity index (χ2v) is 3.75. The summed E-state index contributed by atoms with van der Waals surface area (Å²) in [6.07, 6.45) is 4.75. The lowest BCUT2D eigenvalue weighted by atomic mass is 10.4. The Labute approximate surface area is 85.0 Å². The molecule has 0 unspecified atom stereocenters.